The second kappa shape index (κ2) is 8.28. The Hall–Kier alpha value is -2.77. The number of hydrogen-bond donors (Lipinski definition) is 2. The van der Waals surface area contributed by atoms with Gasteiger partial charge in [0.25, 0.3) is 5.91 Å². The highest BCUT2D eigenvalue weighted by Gasteiger charge is 2.51. The van der Waals surface area contributed by atoms with Gasteiger partial charge in [0.1, 0.15) is 30.2 Å². The zero-order valence-corrected chi connectivity index (χ0v) is 15.5. The van der Waals surface area contributed by atoms with Crippen molar-refractivity contribution in [3.05, 3.63) is 24.3 Å². The Labute approximate surface area is 158 Å². The fourth-order valence-corrected chi connectivity index (χ4v) is 3.54. The first-order valence-electron chi connectivity index (χ1n) is 9.22. The molecule has 0 radical (unpaired) electrons. The van der Waals surface area contributed by atoms with Gasteiger partial charge < -0.3 is 20.1 Å². The van der Waals surface area contributed by atoms with Crippen LogP contribution in [0.1, 0.15) is 32.1 Å². The average molecular weight is 375 g/mol. The Kier molecular flexibility index (Phi) is 5.83. The molecule has 4 amide bonds. The van der Waals surface area contributed by atoms with E-state index in [-0.39, 0.29) is 31.5 Å². The first-order chi connectivity index (χ1) is 13.0. The Morgan fingerprint density at radius 1 is 1.15 bits per heavy atom. The summed E-state index contributed by atoms with van der Waals surface area (Å²) in [6, 6.07) is 6.64. The minimum atomic E-state index is -0.799. The van der Waals surface area contributed by atoms with Crippen LogP contribution < -0.4 is 20.1 Å². The Morgan fingerprint density at radius 2 is 1.81 bits per heavy atom. The maximum absolute atomic E-state index is 12.6. The maximum Gasteiger partial charge on any atom is 0.325 e. The van der Waals surface area contributed by atoms with Gasteiger partial charge in [0, 0.05) is 0 Å². The Bertz CT molecular complexity index is 698. The number of nitrogens with one attached hydrogen (secondary N) is 2. The fraction of sp³-hybridized carbons (Fsp3) is 0.526. The summed E-state index contributed by atoms with van der Waals surface area (Å²) >= 11 is 0. The van der Waals surface area contributed by atoms with Gasteiger partial charge in [-0.2, -0.15) is 0 Å². The largest absolute Gasteiger partial charge is 0.497 e. The summed E-state index contributed by atoms with van der Waals surface area (Å²) in [6.07, 6.45) is 4.18. The van der Waals surface area contributed by atoms with E-state index in [2.05, 4.69) is 10.6 Å². The summed E-state index contributed by atoms with van der Waals surface area (Å²) in [6.45, 7) is 0.288. The summed E-state index contributed by atoms with van der Waals surface area (Å²) in [5.74, 6) is 0.736. The highest BCUT2D eigenvalue weighted by atomic mass is 16.5. The molecule has 2 aliphatic rings. The van der Waals surface area contributed by atoms with E-state index < -0.39 is 11.6 Å². The highest BCUT2D eigenvalue weighted by Crippen LogP contribution is 2.33. The van der Waals surface area contributed by atoms with E-state index in [4.69, 9.17) is 9.47 Å². The standard InChI is InChI=1S/C19H25N3O5/c1-26-14-5-7-15(8-6-14)27-12-11-20-16(23)13-22-17(24)19(21-18(22)25)9-3-2-4-10-19/h5-8H,2-4,9-13H2,1H3,(H,20,23)(H,21,25). The van der Waals surface area contributed by atoms with Crippen molar-refractivity contribution >= 4 is 17.8 Å². The third kappa shape index (κ3) is 4.32. The molecule has 1 saturated heterocycles. The van der Waals surface area contributed by atoms with Crippen LogP contribution in [0.4, 0.5) is 4.79 Å². The molecule has 0 aromatic heterocycles. The molecule has 8 nitrogen and oxygen atoms in total. The number of carbonyl (C=O) groups is 3. The van der Waals surface area contributed by atoms with Gasteiger partial charge in [-0.05, 0) is 37.1 Å². The molecule has 1 saturated carbocycles. The van der Waals surface area contributed by atoms with Gasteiger partial charge in [-0.3, -0.25) is 14.5 Å². The van der Waals surface area contributed by atoms with Crippen LogP contribution in [-0.4, -0.2) is 55.1 Å². The van der Waals surface area contributed by atoms with E-state index >= 15 is 0 Å². The quantitative estimate of drug-likeness (QED) is 0.555. The van der Waals surface area contributed by atoms with Crippen molar-refractivity contribution in [3.8, 4) is 11.5 Å². The van der Waals surface area contributed by atoms with Gasteiger partial charge in [-0.1, -0.05) is 19.3 Å². The van der Waals surface area contributed by atoms with Crippen molar-refractivity contribution in [1.82, 2.24) is 15.5 Å². The first kappa shape index (κ1) is 19.0. The number of benzene rings is 1. The predicted octanol–water partition coefficient (Wildman–Crippen LogP) is 1.44. The van der Waals surface area contributed by atoms with Crippen LogP contribution in [0.15, 0.2) is 24.3 Å². The molecular formula is C19H25N3O5. The van der Waals surface area contributed by atoms with Crippen LogP contribution in [0.25, 0.3) is 0 Å². The maximum atomic E-state index is 12.6. The number of urea groups is 1. The van der Waals surface area contributed by atoms with E-state index in [0.29, 0.717) is 18.6 Å². The number of amides is 4. The van der Waals surface area contributed by atoms with E-state index in [0.717, 1.165) is 29.9 Å². The summed E-state index contributed by atoms with van der Waals surface area (Å²) in [7, 11) is 1.59. The van der Waals surface area contributed by atoms with Crippen molar-refractivity contribution in [3.63, 3.8) is 0 Å². The summed E-state index contributed by atoms with van der Waals surface area (Å²) in [5.41, 5.74) is -0.799. The minimum Gasteiger partial charge on any atom is -0.497 e. The molecule has 2 fully saturated rings. The van der Waals surface area contributed by atoms with Crippen LogP contribution in [0, 0.1) is 0 Å². The topological polar surface area (TPSA) is 97.0 Å². The third-order valence-electron chi connectivity index (χ3n) is 5.01. The smallest absolute Gasteiger partial charge is 0.325 e. The fourth-order valence-electron chi connectivity index (χ4n) is 3.54. The van der Waals surface area contributed by atoms with Gasteiger partial charge in [-0.25, -0.2) is 4.79 Å². The Balaban J connectivity index is 1.42. The van der Waals surface area contributed by atoms with E-state index in [1.807, 2.05) is 0 Å². The number of imide groups is 1. The third-order valence-corrected chi connectivity index (χ3v) is 5.01. The molecule has 0 unspecified atom stereocenters. The lowest BCUT2D eigenvalue weighted by Gasteiger charge is -2.30. The lowest BCUT2D eigenvalue weighted by atomic mass is 9.82. The van der Waals surface area contributed by atoms with E-state index in [9.17, 15) is 14.4 Å². The van der Waals surface area contributed by atoms with Crippen LogP contribution in [0.3, 0.4) is 0 Å². The molecule has 1 aromatic rings. The molecule has 1 heterocycles. The molecule has 2 N–H and O–H groups in total. The summed E-state index contributed by atoms with van der Waals surface area (Å²) in [5, 5.41) is 5.47. The van der Waals surface area contributed by atoms with Crippen molar-refractivity contribution in [1.29, 1.82) is 0 Å². The van der Waals surface area contributed by atoms with Crippen LogP contribution >= 0.6 is 0 Å². The molecule has 8 heteroatoms. The molecule has 1 aliphatic carbocycles. The van der Waals surface area contributed by atoms with Crippen molar-refractivity contribution in [2.45, 2.75) is 37.6 Å². The van der Waals surface area contributed by atoms with Crippen molar-refractivity contribution < 1.29 is 23.9 Å². The number of methoxy groups -OCH3 is 1. The number of ether oxygens (including phenoxy) is 2. The minimum absolute atomic E-state index is 0.269. The molecule has 27 heavy (non-hydrogen) atoms. The molecule has 146 valence electrons. The molecule has 1 spiro atoms. The van der Waals surface area contributed by atoms with Gasteiger partial charge in [0.05, 0.1) is 13.7 Å². The lowest BCUT2D eigenvalue weighted by molar-refractivity contribution is -0.135. The number of nitrogens with zero attached hydrogens (tertiary/aromatic N) is 1. The summed E-state index contributed by atoms with van der Waals surface area (Å²) < 4.78 is 10.6. The van der Waals surface area contributed by atoms with E-state index in [1.54, 1.807) is 31.4 Å². The first-order valence-corrected chi connectivity index (χ1v) is 9.22. The zero-order chi connectivity index (χ0) is 19.3. The van der Waals surface area contributed by atoms with Crippen LogP contribution in [-0.2, 0) is 9.59 Å². The number of rotatable bonds is 7. The number of hydrogen-bond acceptors (Lipinski definition) is 5. The molecular weight excluding hydrogens is 350 g/mol. The second-order valence-electron chi connectivity index (χ2n) is 6.84. The average Bonchev–Trinajstić information content (AvgIpc) is 2.90. The lowest BCUT2D eigenvalue weighted by Crippen LogP contribution is -2.49. The van der Waals surface area contributed by atoms with Crippen molar-refractivity contribution in [2.75, 3.05) is 26.8 Å². The predicted molar refractivity (Wildman–Crippen MR) is 97.6 cm³/mol. The summed E-state index contributed by atoms with van der Waals surface area (Å²) in [4.78, 5) is 37.9. The Morgan fingerprint density at radius 3 is 2.48 bits per heavy atom. The van der Waals surface area contributed by atoms with Gasteiger partial charge in [-0.15, -0.1) is 0 Å². The monoisotopic (exact) mass is 375 g/mol. The van der Waals surface area contributed by atoms with E-state index in [1.165, 1.54) is 0 Å². The molecule has 1 aliphatic heterocycles. The molecule has 3 rings (SSSR count). The van der Waals surface area contributed by atoms with Gasteiger partial charge in [0.15, 0.2) is 0 Å². The SMILES string of the molecule is COc1ccc(OCCNC(=O)CN2C(=O)NC3(CCCCC3)C2=O)cc1. The van der Waals surface area contributed by atoms with Crippen LogP contribution in [0.5, 0.6) is 11.5 Å². The van der Waals surface area contributed by atoms with Crippen LogP contribution in [0.2, 0.25) is 0 Å². The van der Waals surface area contributed by atoms with Gasteiger partial charge >= 0.3 is 6.03 Å². The zero-order valence-electron chi connectivity index (χ0n) is 15.5. The van der Waals surface area contributed by atoms with Gasteiger partial charge in [0.2, 0.25) is 5.91 Å². The highest BCUT2D eigenvalue weighted by molar-refractivity contribution is 6.09. The molecule has 0 bridgehead atoms. The normalized spacial score (nSPS) is 18.3. The molecule has 1 aromatic carbocycles. The number of carbonyl (C=O) groups excluding carboxylic acids is 3. The van der Waals surface area contributed by atoms with Crippen molar-refractivity contribution in [2.24, 2.45) is 0 Å². The second-order valence-corrected chi connectivity index (χ2v) is 6.84. The molecule has 0 atom stereocenters.